The van der Waals surface area contributed by atoms with Crippen LogP contribution in [0.4, 0.5) is 0 Å². The van der Waals surface area contributed by atoms with Crippen LogP contribution in [0.15, 0.2) is 136 Å². The molecule has 0 saturated carbocycles. The van der Waals surface area contributed by atoms with E-state index in [1.807, 2.05) is 0 Å². The maximum absolute atomic E-state index is 6.54. The van der Waals surface area contributed by atoms with Gasteiger partial charge in [-0.2, -0.15) is 0 Å². The average molecular weight is 577 g/mol. The van der Waals surface area contributed by atoms with Crippen LogP contribution in [0.3, 0.4) is 0 Å². The molecule has 0 aliphatic heterocycles. The molecule has 9 aromatic rings. The molecule has 7 aromatic carbocycles. The summed E-state index contributed by atoms with van der Waals surface area (Å²) in [5, 5.41) is 10.9. The van der Waals surface area contributed by atoms with Crippen LogP contribution in [0.5, 0.6) is 0 Å². The second-order valence-electron chi connectivity index (χ2n) is 12.4. The van der Waals surface area contributed by atoms with E-state index in [4.69, 9.17) is 8.83 Å². The molecule has 2 aromatic heterocycles. The van der Waals surface area contributed by atoms with Crippen LogP contribution in [0.25, 0.3) is 93.6 Å². The summed E-state index contributed by atoms with van der Waals surface area (Å²) in [6.45, 7) is 2.27. The van der Waals surface area contributed by atoms with Crippen molar-refractivity contribution in [2.45, 2.75) is 19.3 Å². The predicted molar refractivity (Wildman–Crippen MR) is 189 cm³/mol. The molecule has 2 heteroatoms. The molecule has 212 valence electrons. The Bertz CT molecular complexity index is 2640. The molecule has 2 heterocycles. The molecule has 10 rings (SSSR count). The lowest BCUT2D eigenvalue weighted by Crippen LogP contribution is -1.96. The minimum atomic E-state index is 0.429. The van der Waals surface area contributed by atoms with Gasteiger partial charge in [-0.05, 0) is 97.3 Å². The zero-order valence-electron chi connectivity index (χ0n) is 24.8. The zero-order chi connectivity index (χ0) is 29.6. The standard InChI is InChI=1S/C43H28O2/c1-25-10-8-19-38-39(25)35-22-21-34-36-24-27(20-23-37(36)44-42(34)43(35)45-38)40-30-14-4-6-16-32(30)41(33-17-7-5-15-31(33)40)29-18-9-12-26-11-2-3-13-28(26)29/h2-9,11-25H,10H2,1H3. The Balaban J connectivity index is 1.27. The van der Waals surface area contributed by atoms with Gasteiger partial charge in [0.15, 0.2) is 11.2 Å². The highest BCUT2D eigenvalue weighted by Gasteiger charge is 2.24. The highest BCUT2D eigenvalue weighted by molar-refractivity contribution is 6.24. The van der Waals surface area contributed by atoms with Crippen molar-refractivity contribution in [2.75, 3.05) is 0 Å². The summed E-state index contributed by atoms with van der Waals surface area (Å²) >= 11 is 0. The van der Waals surface area contributed by atoms with Crippen LogP contribution in [0.2, 0.25) is 0 Å². The van der Waals surface area contributed by atoms with E-state index in [-0.39, 0.29) is 0 Å². The van der Waals surface area contributed by atoms with Crippen molar-refractivity contribution in [1.29, 1.82) is 0 Å². The van der Waals surface area contributed by atoms with Gasteiger partial charge in [0.25, 0.3) is 0 Å². The number of fused-ring (bicyclic) bond motifs is 10. The van der Waals surface area contributed by atoms with Crippen LogP contribution in [0.1, 0.15) is 30.6 Å². The van der Waals surface area contributed by atoms with E-state index < -0.39 is 0 Å². The molecule has 1 atom stereocenters. The van der Waals surface area contributed by atoms with Gasteiger partial charge in [0.1, 0.15) is 11.3 Å². The fraction of sp³-hybridized carbons (Fsp3) is 0.0698. The van der Waals surface area contributed by atoms with Crippen LogP contribution >= 0.6 is 0 Å². The summed E-state index contributed by atoms with van der Waals surface area (Å²) in [6, 6.07) is 44.2. The van der Waals surface area contributed by atoms with E-state index in [9.17, 15) is 0 Å². The van der Waals surface area contributed by atoms with Gasteiger partial charge in [-0.15, -0.1) is 0 Å². The van der Waals surface area contributed by atoms with Gasteiger partial charge in [-0.1, -0.05) is 110 Å². The third-order valence-corrected chi connectivity index (χ3v) is 9.89. The highest BCUT2D eigenvalue weighted by atomic mass is 16.4. The zero-order valence-corrected chi connectivity index (χ0v) is 24.8. The van der Waals surface area contributed by atoms with Gasteiger partial charge in [-0.25, -0.2) is 0 Å². The van der Waals surface area contributed by atoms with E-state index in [1.54, 1.807) is 0 Å². The van der Waals surface area contributed by atoms with Crippen molar-refractivity contribution in [3.8, 4) is 22.3 Å². The summed E-state index contributed by atoms with van der Waals surface area (Å²) < 4.78 is 13.0. The molecule has 0 spiro atoms. The lowest BCUT2D eigenvalue weighted by Gasteiger charge is -2.18. The van der Waals surface area contributed by atoms with Gasteiger partial charge in [0.2, 0.25) is 0 Å². The van der Waals surface area contributed by atoms with Crippen LogP contribution in [-0.4, -0.2) is 0 Å². The quantitative estimate of drug-likeness (QED) is 0.191. The fourth-order valence-corrected chi connectivity index (χ4v) is 7.88. The first-order chi connectivity index (χ1) is 22.2. The Morgan fingerprint density at radius 2 is 1.18 bits per heavy atom. The lowest BCUT2D eigenvalue weighted by atomic mass is 9.84. The van der Waals surface area contributed by atoms with E-state index in [1.165, 1.54) is 60.1 Å². The topological polar surface area (TPSA) is 26.3 Å². The van der Waals surface area contributed by atoms with Crippen molar-refractivity contribution in [3.05, 3.63) is 139 Å². The minimum absolute atomic E-state index is 0.429. The normalized spacial score (nSPS) is 14.8. The smallest absolute Gasteiger partial charge is 0.178 e. The number of allylic oxidation sites excluding steroid dienone is 1. The van der Waals surface area contributed by atoms with Gasteiger partial charge >= 0.3 is 0 Å². The minimum Gasteiger partial charge on any atom is -0.452 e. The SMILES string of the molecule is CC1CC=Cc2oc3c(ccc4c5cc(-c6c7ccccc7c(-c7cccc8ccccc78)c7ccccc67)ccc5oc43)c21. The van der Waals surface area contributed by atoms with E-state index >= 15 is 0 Å². The molecule has 2 nitrogen and oxygen atoms in total. The van der Waals surface area contributed by atoms with Crippen molar-refractivity contribution in [2.24, 2.45) is 0 Å². The van der Waals surface area contributed by atoms with Crippen molar-refractivity contribution in [3.63, 3.8) is 0 Å². The first-order valence-electron chi connectivity index (χ1n) is 15.7. The van der Waals surface area contributed by atoms with Crippen molar-refractivity contribution in [1.82, 2.24) is 0 Å². The summed E-state index contributed by atoms with van der Waals surface area (Å²) in [5.74, 6) is 1.39. The summed E-state index contributed by atoms with van der Waals surface area (Å²) in [6.07, 6.45) is 5.35. The maximum atomic E-state index is 6.54. The van der Waals surface area contributed by atoms with Crippen molar-refractivity contribution < 1.29 is 8.83 Å². The molecular weight excluding hydrogens is 548 g/mol. The van der Waals surface area contributed by atoms with E-state index in [2.05, 4.69) is 140 Å². The molecule has 0 radical (unpaired) electrons. The Hall–Kier alpha value is -5.60. The van der Waals surface area contributed by atoms with Crippen molar-refractivity contribution >= 4 is 71.3 Å². The monoisotopic (exact) mass is 576 g/mol. The maximum Gasteiger partial charge on any atom is 0.178 e. The third-order valence-electron chi connectivity index (χ3n) is 9.89. The average Bonchev–Trinajstić information content (AvgIpc) is 3.66. The first-order valence-corrected chi connectivity index (χ1v) is 15.7. The predicted octanol–water partition coefficient (Wildman–Crippen LogP) is 12.6. The fourth-order valence-electron chi connectivity index (χ4n) is 7.88. The molecule has 0 amide bonds. The third kappa shape index (κ3) is 3.45. The summed E-state index contributed by atoms with van der Waals surface area (Å²) in [4.78, 5) is 0. The van der Waals surface area contributed by atoms with Gasteiger partial charge in [0, 0.05) is 21.7 Å². The van der Waals surface area contributed by atoms with Gasteiger partial charge in [-0.3, -0.25) is 0 Å². The number of hydrogen-bond donors (Lipinski definition) is 0. The molecule has 0 N–H and O–H groups in total. The van der Waals surface area contributed by atoms with Gasteiger partial charge in [0.05, 0.1) is 0 Å². The second-order valence-corrected chi connectivity index (χ2v) is 12.4. The Labute approximate surface area is 259 Å². The van der Waals surface area contributed by atoms with Gasteiger partial charge < -0.3 is 8.83 Å². The molecule has 0 saturated heterocycles. The molecule has 0 fully saturated rings. The first kappa shape index (κ1) is 24.8. The van der Waals surface area contributed by atoms with Crippen LogP contribution in [0, 0.1) is 0 Å². The van der Waals surface area contributed by atoms with E-state index in [0.717, 1.165) is 45.1 Å². The molecule has 1 aliphatic rings. The molecule has 1 unspecified atom stereocenters. The molecular formula is C43H28O2. The second kappa shape index (κ2) is 9.20. The van der Waals surface area contributed by atoms with Crippen LogP contribution in [-0.2, 0) is 0 Å². The molecule has 0 bridgehead atoms. The number of hydrogen-bond acceptors (Lipinski definition) is 2. The van der Waals surface area contributed by atoms with Crippen LogP contribution < -0.4 is 0 Å². The lowest BCUT2D eigenvalue weighted by molar-refractivity contribution is 0.577. The number of benzene rings is 7. The van der Waals surface area contributed by atoms with E-state index in [0.29, 0.717) is 5.92 Å². The molecule has 45 heavy (non-hydrogen) atoms. The Kier molecular flexibility index (Phi) is 5.07. The molecule has 1 aliphatic carbocycles. The summed E-state index contributed by atoms with van der Waals surface area (Å²) in [7, 11) is 0. The summed E-state index contributed by atoms with van der Waals surface area (Å²) in [5.41, 5.74) is 8.81. The highest BCUT2D eigenvalue weighted by Crippen LogP contribution is 2.47. The Morgan fingerprint density at radius 3 is 1.96 bits per heavy atom. The largest absolute Gasteiger partial charge is 0.452 e. The Morgan fingerprint density at radius 1 is 0.533 bits per heavy atom. The number of rotatable bonds is 2. The number of furan rings is 2.